The maximum absolute atomic E-state index is 14.4. The van der Waals surface area contributed by atoms with Crippen LogP contribution < -0.4 is 10.1 Å². The number of ether oxygens (including phenoxy) is 1. The lowest BCUT2D eigenvalue weighted by Gasteiger charge is -2.17. The van der Waals surface area contributed by atoms with Crippen molar-refractivity contribution in [1.29, 1.82) is 0 Å². The minimum absolute atomic E-state index is 0.124. The van der Waals surface area contributed by atoms with Gasteiger partial charge in [-0.15, -0.1) is 21.5 Å². The number of aryl methyl sites for hydroxylation is 3. The van der Waals surface area contributed by atoms with Crippen LogP contribution in [0.2, 0.25) is 0 Å². The molecule has 13 heteroatoms. The summed E-state index contributed by atoms with van der Waals surface area (Å²) in [4.78, 5) is 26.4. The van der Waals surface area contributed by atoms with Crippen LogP contribution in [0.15, 0.2) is 59.0 Å². The molecule has 6 heterocycles. The average molecular weight is 723 g/mol. The Morgan fingerprint density at radius 1 is 1.04 bits per heavy atom. The van der Waals surface area contributed by atoms with Gasteiger partial charge in [-0.25, -0.2) is 18.2 Å². The zero-order valence-corrected chi connectivity index (χ0v) is 29.2. The van der Waals surface area contributed by atoms with Crippen molar-refractivity contribution in [3.63, 3.8) is 0 Å². The number of aromatic nitrogens is 4. The Kier molecular flexibility index (Phi) is 7.98. The van der Waals surface area contributed by atoms with Crippen molar-refractivity contribution in [2.45, 2.75) is 64.0 Å². The molecular formula is C39H33F3N6O3S. The predicted molar refractivity (Wildman–Crippen MR) is 190 cm³/mol. The first-order valence-corrected chi connectivity index (χ1v) is 18.2. The second-order valence-electron chi connectivity index (χ2n) is 13.5. The van der Waals surface area contributed by atoms with Crippen molar-refractivity contribution in [3.8, 4) is 27.6 Å². The van der Waals surface area contributed by atoms with Crippen LogP contribution in [0.5, 0.6) is 5.75 Å². The maximum atomic E-state index is 14.4. The van der Waals surface area contributed by atoms with Gasteiger partial charge in [0.25, 0.3) is 12.3 Å². The molecule has 2 atom stereocenters. The Morgan fingerprint density at radius 3 is 2.65 bits per heavy atom. The summed E-state index contributed by atoms with van der Waals surface area (Å²) in [5.41, 5.74) is 5.70. The number of amides is 1. The lowest BCUT2D eigenvalue weighted by atomic mass is 9.93. The zero-order chi connectivity index (χ0) is 35.7. The molecular weight excluding hydrogens is 690 g/mol. The molecule has 264 valence electrons. The van der Waals surface area contributed by atoms with Crippen LogP contribution in [0, 0.1) is 12.7 Å². The van der Waals surface area contributed by atoms with E-state index in [1.807, 2.05) is 29.2 Å². The van der Waals surface area contributed by atoms with E-state index in [4.69, 9.17) is 14.1 Å². The number of alkyl halides is 2. The molecule has 1 saturated heterocycles. The van der Waals surface area contributed by atoms with Crippen molar-refractivity contribution < 1.29 is 27.1 Å². The first-order valence-electron chi connectivity index (χ1n) is 17.4. The van der Waals surface area contributed by atoms with E-state index < -0.39 is 6.43 Å². The number of carbonyl (C=O) groups is 1. The fourth-order valence-electron chi connectivity index (χ4n) is 8.05. The van der Waals surface area contributed by atoms with Crippen LogP contribution in [0.4, 0.5) is 19.0 Å². The third-order valence-electron chi connectivity index (χ3n) is 10.4. The molecule has 0 radical (unpaired) electrons. The monoisotopic (exact) mass is 722 g/mol. The summed E-state index contributed by atoms with van der Waals surface area (Å²) in [6, 6.07) is 15.2. The van der Waals surface area contributed by atoms with Gasteiger partial charge < -0.3 is 19.4 Å². The minimum atomic E-state index is -2.79. The largest absolute Gasteiger partial charge is 0.496 e. The van der Waals surface area contributed by atoms with Gasteiger partial charge in [0.15, 0.2) is 0 Å². The molecule has 52 heavy (non-hydrogen) atoms. The molecule has 9 nitrogen and oxygen atoms in total. The highest BCUT2D eigenvalue weighted by Crippen LogP contribution is 2.51. The lowest BCUT2D eigenvalue weighted by Crippen LogP contribution is -2.22. The third-order valence-corrected chi connectivity index (χ3v) is 11.6. The fraction of sp³-hybridized carbons (Fsp3) is 0.308. The lowest BCUT2D eigenvalue weighted by molar-refractivity contribution is 0.0776. The maximum Gasteiger partial charge on any atom is 0.280 e. The molecule has 2 aromatic carbocycles. The number of nitrogens with one attached hydrogen (secondary N) is 1. The van der Waals surface area contributed by atoms with Crippen LogP contribution >= 0.6 is 11.3 Å². The van der Waals surface area contributed by atoms with Crippen molar-refractivity contribution in [2.75, 3.05) is 19.0 Å². The van der Waals surface area contributed by atoms with E-state index in [1.165, 1.54) is 29.5 Å². The van der Waals surface area contributed by atoms with Crippen molar-refractivity contribution >= 4 is 33.1 Å². The molecule has 3 aliphatic rings. The number of nitrogens with zero attached hydrogens (tertiary/aromatic N) is 5. The van der Waals surface area contributed by atoms with E-state index in [-0.39, 0.29) is 35.4 Å². The second kappa shape index (κ2) is 12.7. The number of hydrogen-bond acceptors (Lipinski definition) is 9. The number of methoxy groups -OCH3 is 1. The van der Waals surface area contributed by atoms with Crippen molar-refractivity contribution in [3.05, 3.63) is 106 Å². The van der Waals surface area contributed by atoms with Gasteiger partial charge in [0.1, 0.15) is 23.1 Å². The number of thiophene rings is 1. The number of pyridine rings is 2. The summed E-state index contributed by atoms with van der Waals surface area (Å²) in [6.45, 7) is 2.32. The van der Waals surface area contributed by atoms with Crippen LogP contribution in [0.3, 0.4) is 0 Å². The summed E-state index contributed by atoms with van der Waals surface area (Å²) in [6.07, 6.45) is 1.39. The zero-order valence-electron chi connectivity index (χ0n) is 28.4. The van der Waals surface area contributed by atoms with Crippen molar-refractivity contribution in [2.24, 2.45) is 0 Å². The summed E-state index contributed by atoms with van der Waals surface area (Å²) < 4.78 is 54.9. The molecule has 1 fully saturated rings. The topological polar surface area (TPSA) is 106 Å². The molecule has 0 unspecified atom stereocenters. The fourth-order valence-corrected chi connectivity index (χ4v) is 9.20. The number of fused-ring (bicyclic) bond motifs is 5. The summed E-state index contributed by atoms with van der Waals surface area (Å²) in [5.74, 6) is 1.28. The average Bonchev–Trinajstić information content (AvgIpc) is 3.98. The second-order valence-corrected chi connectivity index (χ2v) is 14.5. The molecule has 0 bridgehead atoms. The van der Waals surface area contributed by atoms with Crippen LogP contribution in [0.25, 0.3) is 32.0 Å². The van der Waals surface area contributed by atoms with Gasteiger partial charge in [-0.3, -0.25) is 9.78 Å². The van der Waals surface area contributed by atoms with E-state index >= 15 is 0 Å². The van der Waals surface area contributed by atoms with Gasteiger partial charge in [-0.1, -0.05) is 24.3 Å². The number of hydrogen-bond donors (Lipinski definition) is 1. The molecule has 1 amide bonds. The molecule has 0 spiro atoms. The number of anilines is 1. The molecule has 1 aliphatic carbocycles. The van der Waals surface area contributed by atoms with E-state index in [0.717, 1.165) is 48.1 Å². The van der Waals surface area contributed by atoms with E-state index in [1.54, 1.807) is 26.2 Å². The highest BCUT2D eigenvalue weighted by atomic mass is 32.1. The highest BCUT2D eigenvalue weighted by molar-refractivity contribution is 7.23. The van der Waals surface area contributed by atoms with Gasteiger partial charge in [0.05, 0.1) is 46.4 Å². The summed E-state index contributed by atoms with van der Waals surface area (Å²) in [7, 11) is 1.64. The SMILES string of the molecule is COc1cccc2c1CC[C@@H]2Nc1nc(C(F)F)cc2cc(-c3c4c(nc(CCc5ccc(F)cc5)c3-c3nnc(C)o3)[C@H]3CCCN3C4=O)sc12. The number of rotatable bonds is 9. The van der Waals surface area contributed by atoms with Gasteiger partial charge >= 0.3 is 0 Å². The number of halogens is 3. The Morgan fingerprint density at radius 2 is 1.88 bits per heavy atom. The Bertz CT molecular complexity index is 2380. The summed E-state index contributed by atoms with van der Waals surface area (Å²) >= 11 is 1.38. The van der Waals surface area contributed by atoms with E-state index in [0.29, 0.717) is 74.1 Å². The van der Waals surface area contributed by atoms with Crippen LogP contribution in [0.1, 0.15) is 87.8 Å². The molecule has 2 aliphatic heterocycles. The first-order chi connectivity index (χ1) is 25.3. The first kappa shape index (κ1) is 32.6. The number of carbonyl (C=O) groups excluding carboxylic acids is 1. The van der Waals surface area contributed by atoms with Gasteiger partial charge in [0, 0.05) is 23.9 Å². The highest BCUT2D eigenvalue weighted by Gasteiger charge is 2.45. The molecule has 6 aromatic rings. The third kappa shape index (κ3) is 5.40. The van der Waals surface area contributed by atoms with Gasteiger partial charge in [0.2, 0.25) is 11.8 Å². The molecule has 4 aromatic heterocycles. The summed E-state index contributed by atoms with van der Waals surface area (Å²) in [5, 5.41) is 12.6. The molecule has 0 saturated carbocycles. The predicted octanol–water partition coefficient (Wildman–Crippen LogP) is 8.98. The smallest absolute Gasteiger partial charge is 0.280 e. The van der Waals surface area contributed by atoms with Gasteiger partial charge in [-0.2, -0.15) is 0 Å². The van der Waals surface area contributed by atoms with Gasteiger partial charge in [-0.05, 0) is 90.9 Å². The Balaban J connectivity index is 1.23. The van der Waals surface area contributed by atoms with E-state index in [2.05, 4.69) is 20.5 Å². The quantitative estimate of drug-likeness (QED) is 0.158. The normalized spacial score (nSPS) is 17.7. The van der Waals surface area contributed by atoms with Crippen LogP contribution in [-0.2, 0) is 19.3 Å². The van der Waals surface area contributed by atoms with E-state index in [9.17, 15) is 18.0 Å². The van der Waals surface area contributed by atoms with Crippen molar-refractivity contribution in [1.82, 2.24) is 25.1 Å². The van der Waals surface area contributed by atoms with Crippen LogP contribution in [-0.4, -0.2) is 44.6 Å². The number of benzene rings is 2. The minimum Gasteiger partial charge on any atom is -0.496 e. The molecule has 9 rings (SSSR count). The Hall–Kier alpha value is -5.30. The standard InChI is InChI=1S/C39H33F3N6O3S/c1-19-46-47-38(51-19)31-26(14-10-20-8-11-22(40)12-9-20)43-34-28-6-4-16-48(28)39(49)33(34)32(31)30-18-21-17-27(36(41)42)45-37(35(21)52-30)44-25-15-13-24-23(25)5-3-7-29(24)50-2/h3,5,7-9,11-12,17-18,25,28,36H,4,6,10,13-16H2,1-2H3,(H,44,45)/t25-,28+/m0/s1. The Labute approximate surface area is 300 Å². The molecule has 1 N–H and O–H groups in total.